The Hall–Kier alpha value is -1.61. The zero-order valence-electron chi connectivity index (χ0n) is 8.03. The first-order chi connectivity index (χ1) is 6.79. The molecular weight excluding hydrogens is 176 g/mol. The number of aromatic nitrogens is 1. The molecule has 72 valence electrons. The van der Waals surface area contributed by atoms with E-state index in [1.165, 1.54) is 0 Å². The van der Waals surface area contributed by atoms with Crippen LogP contribution in [0.5, 0.6) is 0 Å². The summed E-state index contributed by atoms with van der Waals surface area (Å²) in [5.41, 5.74) is 8.49. The highest BCUT2D eigenvalue weighted by Crippen LogP contribution is 2.18. The number of rotatable bonds is 2. The molecule has 1 heterocycles. The fraction of sp³-hybridized carbons (Fsp3) is 0.182. The lowest BCUT2D eigenvalue weighted by Crippen LogP contribution is -1.95. The van der Waals surface area contributed by atoms with Crippen LogP contribution in [-0.2, 0) is 6.54 Å². The van der Waals surface area contributed by atoms with Crippen molar-refractivity contribution in [3.05, 3.63) is 41.8 Å². The van der Waals surface area contributed by atoms with Crippen LogP contribution in [0.2, 0.25) is 0 Å². The first kappa shape index (κ1) is 8.97. The average Bonchev–Trinajstić information content (AvgIpc) is 2.65. The second kappa shape index (κ2) is 3.64. The Morgan fingerprint density at radius 2 is 2.00 bits per heavy atom. The van der Waals surface area contributed by atoms with E-state index >= 15 is 0 Å². The monoisotopic (exact) mass is 188 g/mol. The molecule has 0 aliphatic carbocycles. The van der Waals surface area contributed by atoms with Crippen molar-refractivity contribution in [2.45, 2.75) is 13.5 Å². The topological polar surface area (TPSA) is 52.0 Å². The Bertz CT molecular complexity index is 417. The first-order valence-electron chi connectivity index (χ1n) is 4.51. The van der Waals surface area contributed by atoms with E-state index in [1.807, 2.05) is 31.2 Å². The fourth-order valence-corrected chi connectivity index (χ4v) is 1.27. The van der Waals surface area contributed by atoms with Crippen LogP contribution in [0, 0.1) is 6.92 Å². The molecule has 0 spiro atoms. The quantitative estimate of drug-likeness (QED) is 0.785. The SMILES string of the molecule is Cc1coc(-c2ccc(CN)cc2)n1. The van der Waals surface area contributed by atoms with E-state index in [-0.39, 0.29) is 0 Å². The van der Waals surface area contributed by atoms with E-state index in [4.69, 9.17) is 10.2 Å². The lowest BCUT2D eigenvalue weighted by atomic mass is 10.1. The molecule has 2 N–H and O–H groups in total. The normalized spacial score (nSPS) is 10.4. The van der Waals surface area contributed by atoms with Crippen molar-refractivity contribution in [1.29, 1.82) is 0 Å². The third-order valence-corrected chi connectivity index (χ3v) is 2.06. The standard InChI is InChI=1S/C11H12N2O/c1-8-7-14-11(13-8)10-4-2-9(6-12)3-5-10/h2-5,7H,6,12H2,1H3. The van der Waals surface area contributed by atoms with Crippen molar-refractivity contribution in [3.8, 4) is 11.5 Å². The van der Waals surface area contributed by atoms with Gasteiger partial charge in [0.2, 0.25) is 5.89 Å². The number of hydrogen-bond acceptors (Lipinski definition) is 3. The average molecular weight is 188 g/mol. The molecule has 3 nitrogen and oxygen atoms in total. The number of hydrogen-bond donors (Lipinski definition) is 1. The predicted molar refractivity (Wildman–Crippen MR) is 54.6 cm³/mol. The zero-order chi connectivity index (χ0) is 9.97. The highest BCUT2D eigenvalue weighted by atomic mass is 16.3. The van der Waals surface area contributed by atoms with Crippen molar-refractivity contribution < 1.29 is 4.42 Å². The van der Waals surface area contributed by atoms with Gasteiger partial charge < -0.3 is 10.2 Å². The predicted octanol–water partition coefficient (Wildman–Crippen LogP) is 2.11. The summed E-state index contributed by atoms with van der Waals surface area (Å²) in [4.78, 5) is 4.24. The van der Waals surface area contributed by atoms with Gasteiger partial charge in [0.1, 0.15) is 6.26 Å². The van der Waals surface area contributed by atoms with E-state index in [2.05, 4.69) is 4.98 Å². The van der Waals surface area contributed by atoms with Gasteiger partial charge in [-0.25, -0.2) is 4.98 Å². The van der Waals surface area contributed by atoms with Crippen LogP contribution in [0.15, 0.2) is 34.9 Å². The molecule has 1 aromatic carbocycles. The number of benzene rings is 1. The zero-order valence-corrected chi connectivity index (χ0v) is 8.03. The Labute approximate surface area is 82.6 Å². The second-order valence-electron chi connectivity index (χ2n) is 3.20. The van der Waals surface area contributed by atoms with Crippen LogP contribution in [0.4, 0.5) is 0 Å². The highest BCUT2D eigenvalue weighted by Gasteiger charge is 2.03. The molecular formula is C11H12N2O. The van der Waals surface area contributed by atoms with Crippen molar-refractivity contribution in [2.75, 3.05) is 0 Å². The van der Waals surface area contributed by atoms with E-state index in [0.717, 1.165) is 16.8 Å². The maximum absolute atomic E-state index is 5.50. The van der Waals surface area contributed by atoms with Gasteiger partial charge in [0, 0.05) is 12.1 Å². The van der Waals surface area contributed by atoms with E-state index in [1.54, 1.807) is 6.26 Å². The van der Waals surface area contributed by atoms with Crippen LogP contribution in [-0.4, -0.2) is 4.98 Å². The third kappa shape index (κ3) is 1.67. The molecule has 0 aliphatic heterocycles. The van der Waals surface area contributed by atoms with E-state index in [0.29, 0.717) is 12.4 Å². The Kier molecular flexibility index (Phi) is 2.33. The summed E-state index contributed by atoms with van der Waals surface area (Å²) in [6.07, 6.45) is 1.65. The summed E-state index contributed by atoms with van der Waals surface area (Å²) in [6, 6.07) is 7.89. The molecule has 0 saturated heterocycles. The van der Waals surface area contributed by atoms with Gasteiger partial charge in [0.15, 0.2) is 0 Å². The Balaban J connectivity index is 2.33. The molecule has 14 heavy (non-hydrogen) atoms. The summed E-state index contributed by atoms with van der Waals surface area (Å²) < 4.78 is 5.28. The van der Waals surface area contributed by atoms with Crippen LogP contribution in [0.1, 0.15) is 11.3 Å². The number of nitrogens with two attached hydrogens (primary N) is 1. The second-order valence-corrected chi connectivity index (χ2v) is 3.20. The van der Waals surface area contributed by atoms with Gasteiger partial charge in [-0.3, -0.25) is 0 Å². The molecule has 0 bridgehead atoms. The van der Waals surface area contributed by atoms with Gasteiger partial charge in [0.05, 0.1) is 5.69 Å². The van der Waals surface area contributed by atoms with Crippen LogP contribution in [0.3, 0.4) is 0 Å². The van der Waals surface area contributed by atoms with Crippen molar-refractivity contribution in [1.82, 2.24) is 4.98 Å². The minimum atomic E-state index is 0.560. The minimum Gasteiger partial charge on any atom is -0.444 e. The van der Waals surface area contributed by atoms with Gasteiger partial charge >= 0.3 is 0 Å². The molecule has 0 atom stereocenters. The molecule has 2 aromatic rings. The number of aryl methyl sites for hydroxylation is 1. The molecule has 1 aromatic heterocycles. The lowest BCUT2D eigenvalue weighted by molar-refractivity contribution is 0.573. The first-order valence-corrected chi connectivity index (χ1v) is 4.51. The number of nitrogens with zero attached hydrogens (tertiary/aromatic N) is 1. The smallest absolute Gasteiger partial charge is 0.226 e. The molecule has 0 unspecified atom stereocenters. The Morgan fingerprint density at radius 3 is 2.50 bits per heavy atom. The molecule has 0 aliphatic rings. The van der Waals surface area contributed by atoms with Gasteiger partial charge in [0.25, 0.3) is 0 Å². The Morgan fingerprint density at radius 1 is 1.29 bits per heavy atom. The highest BCUT2D eigenvalue weighted by molar-refractivity contribution is 5.53. The van der Waals surface area contributed by atoms with Crippen molar-refractivity contribution in [3.63, 3.8) is 0 Å². The maximum atomic E-state index is 5.50. The molecule has 2 rings (SSSR count). The summed E-state index contributed by atoms with van der Waals surface area (Å²) in [5, 5.41) is 0. The molecule has 0 saturated carbocycles. The molecule has 0 radical (unpaired) electrons. The van der Waals surface area contributed by atoms with Gasteiger partial charge in [-0.2, -0.15) is 0 Å². The van der Waals surface area contributed by atoms with Gasteiger partial charge in [-0.1, -0.05) is 12.1 Å². The minimum absolute atomic E-state index is 0.560. The largest absolute Gasteiger partial charge is 0.444 e. The van der Waals surface area contributed by atoms with Gasteiger partial charge in [-0.05, 0) is 24.6 Å². The van der Waals surface area contributed by atoms with Crippen LogP contribution in [0.25, 0.3) is 11.5 Å². The van der Waals surface area contributed by atoms with E-state index in [9.17, 15) is 0 Å². The van der Waals surface area contributed by atoms with Crippen molar-refractivity contribution >= 4 is 0 Å². The lowest BCUT2D eigenvalue weighted by Gasteiger charge is -1.97. The molecule has 3 heteroatoms. The third-order valence-electron chi connectivity index (χ3n) is 2.06. The summed E-state index contributed by atoms with van der Waals surface area (Å²) in [6.45, 7) is 2.46. The van der Waals surface area contributed by atoms with Crippen molar-refractivity contribution in [2.24, 2.45) is 5.73 Å². The summed E-state index contributed by atoms with van der Waals surface area (Å²) >= 11 is 0. The number of oxazole rings is 1. The summed E-state index contributed by atoms with van der Waals surface area (Å²) in [5.74, 6) is 0.658. The summed E-state index contributed by atoms with van der Waals surface area (Å²) in [7, 11) is 0. The van der Waals surface area contributed by atoms with Crippen LogP contribution < -0.4 is 5.73 Å². The van der Waals surface area contributed by atoms with E-state index < -0.39 is 0 Å². The maximum Gasteiger partial charge on any atom is 0.226 e. The van der Waals surface area contributed by atoms with Gasteiger partial charge in [-0.15, -0.1) is 0 Å². The fourth-order valence-electron chi connectivity index (χ4n) is 1.27. The molecule has 0 amide bonds. The van der Waals surface area contributed by atoms with Crippen LogP contribution >= 0.6 is 0 Å². The molecule has 0 fully saturated rings.